The van der Waals surface area contributed by atoms with Crippen molar-refractivity contribution in [2.24, 2.45) is 0 Å². The molecule has 7 heteroatoms. The second-order valence-corrected chi connectivity index (χ2v) is 4.73. The van der Waals surface area contributed by atoms with E-state index in [0.717, 1.165) is 25.1 Å². The predicted octanol–water partition coefficient (Wildman–Crippen LogP) is 0.220. The maximum absolute atomic E-state index is 12.0. The molecule has 0 unspecified atom stereocenters. The topological polar surface area (TPSA) is 90.1 Å². The number of hydrogen-bond acceptors (Lipinski definition) is 3. The van der Waals surface area contributed by atoms with Gasteiger partial charge in [-0.05, 0) is 18.9 Å². The molecule has 1 aliphatic rings. The molecule has 1 aromatic rings. The lowest BCUT2D eigenvalue weighted by molar-refractivity contribution is -0.119. The van der Waals surface area contributed by atoms with Crippen molar-refractivity contribution in [3.63, 3.8) is 0 Å². The number of likely N-dealkylation sites (tertiary alicyclic amines) is 1. The quantitative estimate of drug-likeness (QED) is 0.730. The fraction of sp³-hybridized carbons (Fsp3) is 0.583. The zero-order valence-corrected chi connectivity index (χ0v) is 11.0. The first-order valence-corrected chi connectivity index (χ1v) is 6.43. The molecule has 1 saturated heterocycles. The van der Waals surface area contributed by atoms with Gasteiger partial charge < -0.3 is 15.5 Å². The molecule has 1 aromatic heterocycles. The highest BCUT2D eigenvalue weighted by atomic mass is 16.2. The van der Waals surface area contributed by atoms with Gasteiger partial charge in [-0.15, -0.1) is 0 Å². The summed E-state index contributed by atoms with van der Waals surface area (Å²) in [5, 5.41) is 12.3. The van der Waals surface area contributed by atoms with Gasteiger partial charge in [0.2, 0.25) is 5.91 Å². The third-order valence-corrected chi connectivity index (χ3v) is 3.10. The molecule has 0 saturated carbocycles. The van der Waals surface area contributed by atoms with E-state index in [2.05, 4.69) is 20.8 Å². The van der Waals surface area contributed by atoms with Crippen LogP contribution in [0.5, 0.6) is 0 Å². The second-order valence-electron chi connectivity index (χ2n) is 4.73. The maximum atomic E-state index is 12.0. The standard InChI is InChI=1S/C12H19N5O2/c1-9(18)15-11-3-2-6-17(8-11)12(19)13-7-10-4-5-14-16-10/h4-5,11H,2-3,6-8H2,1H3,(H,13,19)(H,14,16)(H,15,18)/t11-/m0/s1. The molecule has 0 aromatic carbocycles. The van der Waals surface area contributed by atoms with E-state index in [0.29, 0.717) is 13.1 Å². The van der Waals surface area contributed by atoms with Crippen molar-refractivity contribution in [2.75, 3.05) is 13.1 Å². The van der Waals surface area contributed by atoms with Crippen LogP contribution in [0.3, 0.4) is 0 Å². The Bertz CT molecular complexity index is 431. The predicted molar refractivity (Wildman–Crippen MR) is 69.2 cm³/mol. The van der Waals surface area contributed by atoms with Crippen LogP contribution in [-0.4, -0.2) is 46.2 Å². The summed E-state index contributed by atoms with van der Waals surface area (Å²) in [5.41, 5.74) is 0.865. The number of H-pyrrole nitrogens is 1. The van der Waals surface area contributed by atoms with Crippen molar-refractivity contribution >= 4 is 11.9 Å². The number of amides is 3. The monoisotopic (exact) mass is 265 g/mol. The normalized spacial score (nSPS) is 19.0. The molecule has 3 N–H and O–H groups in total. The van der Waals surface area contributed by atoms with Gasteiger partial charge in [0.05, 0.1) is 12.2 Å². The molecule has 2 rings (SSSR count). The highest BCUT2D eigenvalue weighted by Crippen LogP contribution is 2.10. The van der Waals surface area contributed by atoms with Crippen molar-refractivity contribution in [1.29, 1.82) is 0 Å². The minimum absolute atomic E-state index is 0.0512. The van der Waals surface area contributed by atoms with E-state index in [1.54, 1.807) is 11.1 Å². The SMILES string of the molecule is CC(=O)N[C@H]1CCCN(C(=O)NCc2ccn[nH]2)C1. The Labute approximate surface area is 111 Å². The Morgan fingerprint density at radius 1 is 1.58 bits per heavy atom. The molecule has 19 heavy (non-hydrogen) atoms. The van der Waals surface area contributed by atoms with Crippen LogP contribution in [0, 0.1) is 0 Å². The van der Waals surface area contributed by atoms with Crippen molar-refractivity contribution < 1.29 is 9.59 Å². The smallest absolute Gasteiger partial charge is 0.317 e. The lowest BCUT2D eigenvalue weighted by atomic mass is 10.1. The van der Waals surface area contributed by atoms with Gasteiger partial charge in [0.1, 0.15) is 0 Å². The molecular formula is C12H19N5O2. The molecule has 104 valence electrons. The van der Waals surface area contributed by atoms with Gasteiger partial charge in [0, 0.05) is 32.3 Å². The van der Waals surface area contributed by atoms with Crippen LogP contribution in [-0.2, 0) is 11.3 Å². The van der Waals surface area contributed by atoms with Gasteiger partial charge in [-0.3, -0.25) is 9.89 Å². The summed E-state index contributed by atoms with van der Waals surface area (Å²) >= 11 is 0. The summed E-state index contributed by atoms with van der Waals surface area (Å²) in [5.74, 6) is -0.0512. The average Bonchev–Trinajstić information content (AvgIpc) is 2.88. The van der Waals surface area contributed by atoms with Gasteiger partial charge in [-0.25, -0.2) is 4.79 Å². The molecule has 7 nitrogen and oxygen atoms in total. The number of urea groups is 1. The molecule has 0 radical (unpaired) electrons. The summed E-state index contributed by atoms with van der Waals surface area (Å²) in [6.45, 7) is 3.22. The summed E-state index contributed by atoms with van der Waals surface area (Å²) in [6, 6.07) is 1.77. The minimum Gasteiger partial charge on any atom is -0.352 e. The second kappa shape index (κ2) is 6.21. The first-order chi connectivity index (χ1) is 9.15. The number of aromatic nitrogens is 2. The van der Waals surface area contributed by atoms with Crippen LogP contribution in [0.4, 0.5) is 4.79 Å². The van der Waals surface area contributed by atoms with E-state index in [1.165, 1.54) is 6.92 Å². The number of carbonyl (C=O) groups excluding carboxylic acids is 2. The largest absolute Gasteiger partial charge is 0.352 e. The molecule has 0 spiro atoms. The van der Waals surface area contributed by atoms with Crippen molar-refractivity contribution in [3.8, 4) is 0 Å². The number of hydrogen-bond donors (Lipinski definition) is 3. The molecule has 3 amide bonds. The van der Waals surface area contributed by atoms with Gasteiger partial charge in [-0.1, -0.05) is 0 Å². The van der Waals surface area contributed by atoms with Crippen molar-refractivity contribution in [3.05, 3.63) is 18.0 Å². The zero-order chi connectivity index (χ0) is 13.7. The van der Waals surface area contributed by atoms with Crippen LogP contribution in [0.1, 0.15) is 25.5 Å². The molecule has 0 bridgehead atoms. The number of nitrogens with one attached hydrogen (secondary N) is 3. The van der Waals surface area contributed by atoms with Gasteiger partial charge >= 0.3 is 6.03 Å². The zero-order valence-electron chi connectivity index (χ0n) is 11.0. The van der Waals surface area contributed by atoms with Crippen LogP contribution in [0.25, 0.3) is 0 Å². The van der Waals surface area contributed by atoms with Crippen LogP contribution in [0.15, 0.2) is 12.3 Å². The van der Waals surface area contributed by atoms with Crippen LogP contribution < -0.4 is 10.6 Å². The Morgan fingerprint density at radius 3 is 3.11 bits per heavy atom. The number of carbonyl (C=O) groups is 2. The summed E-state index contributed by atoms with van der Waals surface area (Å²) in [4.78, 5) is 24.8. The van der Waals surface area contributed by atoms with Crippen molar-refractivity contribution in [2.45, 2.75) is 32.4 Å². The van der Waals surface area contributed by atoms with E-state index >= 15 is 0 Å². The van der Waals surface area contributed by atoms with E-state index in [1.807, 2.05) is 6.07 Å². The van der Waals surface area contributed by atoms with Gasteiger partial charge in [0.25, 0.3) is 0 Å². The molecule has 2 heterocycles. The third-order valence-electron chi connectivity index (χ3n) is 3.10. The summed E-state index contributed by atoms with van der Waals surface area (Å²) in [7, 11) is 0. The van der Waals surface area contributed by atoms with E-state index in [9.17, 15) is 9.59 Å². The number of piperidine rings is 1. The fourth-order valence-corrected chi connectivity index (χ4v) is 2.23. The average molecular weight is 265 g/mol. The Hall–Kier alpha value is -2.05. The maximum Gasteiger partial charge on any atom is 0.317 e. The van der Waals surface area contributed by atoms with E-state index in [4.69, 9.17) is 0 Å². The fourth-order valence-electron chi connectivity index (χ4n) is 2.23. The highest BCUT2D eigenvalue weighted by molar-refractivity contribution is 5.75. The Morgan fingerprint density at radius 2 is 2.42 bits per heavy atom. The highest BCUT2D eigenvalue weighted by Gasteiger charge is 2.23. The van der Waals surface area contributed by atoms with Gasteiger partial charge in [0.15, 0.2) is 0 Å². The van der Waals surface area contributed by atoms with Crippen molar-refractivity contribution in [1.82, 2.24) is 25.7 Å². The first kappa shape index (κ1) is 13.4. The molecular weight excluding hydrogens is 246 g/mol. The van der Waals surface area contributed by atoms with Crippen LogP contribution in [0.2, 0.25) is 0 Å². The number of nitrogens with zero attached hydrogens (tertiary/aromatic N) is 2. The lowest BCUT2D eigenvalue weighted by Crippen LogP contribution is -2.51. The molecule has 1 fully saturated rings. The first-order valence-electron chi connectivity index (χ1n) is 6.43. The molecule has 1 atom stereocenters. The number of aromatic amines is 1. The summed E-state index contributed by atoms with van der Waals surface area (Å²) < 4.78 is 0. The van der Waals surface area contributed by atoms with Gasteiger partial charge in [-0.2, -0.15) is 5.10 Å². The third kappa shape index (κ3) is 3.97. The summed E-state index contributed by atoms with van der Waals surface area (Å²) in [6.07, 6.45) is 3.47. The minimum atomic E-state index is -0.107. The Kier molecular flexibility index (Phi) is 4.38. The van der Waals surface area contributed by atoms with Crippen LogP contribution >= 0.6 is 0 Å². The molecule has 0 aliphatic carbocycles. The lowest BCUT2D eigenvalue weighted by Gasteiger charge is -2.32. The van der Waals surface area contributed by atoms with E-state index in [-0.39, 0.29) is 18.0 Å². The Balaban J connectivity index is 1.79. The van der Waals surface area contributed by atoms with E-state index < -0.39 is 0 Å². The number of rotatable bonds is 3. The molecule has 1 aliphatic heterocycles.